The molecule has 0 saturated heterocycles. The Kier molecular flexibility index (Phi) is 50.6. The average Bonchev–Trinajstić information content (AvgIpc) is 3.34. The van der Waals surface area contributed by atoms with Crippen LogP contribution < -0.4 is 0 Å². The minimum atomic E-state index is -0.853. The van der Waals surface area contributed by atoms with Crippen LogP contribution in [-0.2, 0) is 28.6 Å². The van der Waals surface area contributed by atoms with E-state index < -0.39 is 6.10 Å². The number of carbonyl (C=O) groups excluding carboxylic acids is 3. The van der Waals surface area contributed by atoms with E-state index in [9.17, 15) is 14.4 Å². The van der Waals surface area contributed by atoms with Crippen LogP contribution in [0.25, 0.3) is 0 Å². The van der Waals surface area contributed by atoms with Gasteiger partial charge in [-0.25, -0.2) is 0 Å². The first-order valence-electron chi connectivity index (χ1n) is 26.6. The van der Waals surface area contributed by atoms with Crippen LogP contribution in [0.15, 0.2) is 158 Å². The van der Waals surface area contributed by atoms with Gasteiger partial charge in [-0.05, 0) is 96.3 Å². The summed E-state index contributed by atoms with van der Waals surface area (Å²) in [4.78, 5) is 38.0. The Balaban J connectivity index is 4.65. The maximum atomic E-state index is 12.8. The minimum Gasteiger partial charge on any atom is -0.462 e. The normalized spacial score (nSPS) is 13.4. The van der Waals surface area contributed by atoms with Gasteiger partial charge in [-0.2, -0.15) is 0 Å². The summed E-state index contributed by atoms with van der Waals surface area (Å²) >= 11 is 0. The Hall–Kier alpha value is -4.97. The monoisotopic (exact) mass is 935 g/mol. The van der Waals surface area contributed by atoms with E-state index in [1.165, 1.54) is 44.9 Å². The predicted molar refractivity (Wildman–Crippen MR) is 292 cm³/mol. The molecule has 0 spiro atoms. The molecule has 0 rings (SSSR count). The Labute approximate surface area is 416 Å². The van der Waals surface area contributed by atoms with Crippen molar-refractivity contribution in [2.45, 2.75) is 200 Å². The predicted octanol–water partition coefficient (Wildman–Crippen LogP) is 17.8. The zero-order valence-electron chi connectivity index (χ0n) is 43.0. The van der Waals surface area contributed by atoms with Crippen LogP contribution in [0.5, 0.6) is 0 Å². The van der Waals surface area contributed by atoms with Gasteiger partial charge in [0.15, 0.2) is 6.10 Å². The topological polar surface area (TPSA) is 78.9 Å². The van der Waals surface area contributed by atoms with Gasteiger partial charge in [-0.3, -0.25) is 14.4 Å². The number of ether oxygens (including phenoxy) is 3. The molecule has 0 aromatic rings. The number of hydrogen-bond donors (Lipinski definition) is 0. The molecule has 0 saturated carbocycles. The van der Waals surface area contributed by atoms with E-state index in [4.69, 9.17) is 14.2 Å². The number of rotatable bonds is 45. The van der Waals surface area contributed by atoms with Crippen LogP contribution in [0, 0.1) is 0 Å². The minimum absolute atomic E-state index is 0.150. The molecule has 6 nitrogen and oxygen atoms in total. The van der Waals surface area contributed by atoms with Crippen molar-refractivity contribution in [3.05, 3.63) is 158 Å². The molecule has 0 amide bonds. The molecule has 68 heavy (non-hydrogen) atoms. The van der Waals surface area contributed by atoms with E-state index in [1.807, 2.05) is 54.7 Å². The maximum absolute atomic E-state index is 12.8. The van der Waals surface area contributed by atoms with Crippen LogP contribution in [0.3, 0.4) is 0 Å². The SMILES string of the molecule is CC/C=C/C/C=C/C/C=C/C/C=C/C/C=C/C/C=C/CCC(=O)OCC(COC(=O)CC/C=C/C/C=C/CCCCCCCC)OC(=O)CCCCCCC/C=C/C=C/C=C/C=C/C=C/CCC. The smallest absolute Gasteiger partial charge is 0.306 e. The first-order chi connectivity index (χ1) is 33.5. The summed E-state index contributed by atoms with van der Waals surface area (Å²) in [7, 11) is 0. The van der Waals surface area contributed by atoms with Gasteiger partial charge >= 0.3 is 17.9 Å². The Morgan fingerprint density at radius 2 is 0.691 bits per heavy atom. The molecule has 0 radical (unpaired) electrons. The zero-order valence-corrected chi connectivity index (χ0v) is 43.0. The molecule has 1 unspecified atom stereocenters. The first kappa shape index (κ1) is 63.0. The van der Waals surface area contributed by atoms with Crippen LogP contribution in [0.2, 0.25) is 0 Å². The summed E-state index contributed by atoms with van der Waals surface area (Å²) in [5, 5.41) is 0. The van der Waals surface area contributed by atoms with Crippen LogP contribution in [0.1, 0.15) is 194 Å². The standard InChI is InChI=1S/C62H94O6/c1-4-7-10-13-16-19-22-25-27-29-31-33-34-37-40-43-46-49-52-55-61(64)67-58-59(57-66-60(63)54-51-48-45-42-39-36-24-21-18-15-12-9-6-3)68-62(65)56-53-50-47-44-41-38-35-32-30-28-26-23-20-17-14-11-8-5-2/h7,10-11,14,16-17,19-20,23,25-28,30-33,35-37,39-40,45-46,48-49,59H,4-6,8-9,12-13,15,18,21-22,24,29,34,38,41-44,47,50-58H2,1-3H3/b10-7+,14-11+,19-16+,20-17+,26-23+,27-25+,30-28+,33-31+,35-32+,39-36+,40-37+,48-45+,49-46+. The van der Waals surface area contributed by atoms with Gasteiger partial charge in [0.1, 0.15) is 13.2 Å². The van der Waals surface area contributed by atoms with Crippen molar-refractivity contribution in [1.29, 1.82) is 0 Å². The van der Waals surface area contributed by atoms with Crippen LogP contribution in [-0.4, -0.2) is 37.2 Å². The zero-order chi connectivity index (χ0) is 49.3. The molecular weight excluding hydrogens is 841 g/mol. The Morgan fingerprint density at radius 1 is 0.324 bits per heavy atom. The second kappa shape index (κ2) is 54.6. The van der Waals surface area contributed by atoms with Crippen molar-refractivity contribution in [2.75, 3.05) is 13.2 Å². The molecule has 0 fully saturated rings. The van der Waals surface area contributed by atoms with E-state index >= 15 is 0 Å². The summed E-state index contributed by atoms with van der Waals surface area (Å²) < 4.78 is 16.7. The van der Waals surface area contributed by atoms with E-state index in [0.29, 0.717) is 19.3 Å². The van der Waals surface area contributed by atoms with Crippen molar-refractivity contribution in [1.82, 2.24) is 0 Å². The van der Waals surface area contributed by atoms with Crippen molar-refractivity contribution >= 4 is 17.9 Å². The molecule has 0 aromatic heterocycles. The quantitative estimate of drug-likeness (QED) is 0.0199. The van der Waals surface area contributed by atoms with Gasteiger partial charge in [0.2, 0.25) is 0 Å². The highest BCUT2D eigenvalue weighted by atomic mass is 16.6. The molecule has 0 bridgehead atoms. The van der Waals surface area contributed by atoms with Gasteiger partial charge in [0.25, 0.3) is 0 Å². The molecule has 378 valence electrons. The summed E-state index contributed by atoms with van der Waals surface area (Å²) in [5.74, 6) is -1.14. The highest BCUT2D eigenvalue weighted by Crippen LogP contribution is 2.11. The third-order valence-corrected chi connectivity index (χ3v) is 10.4. The molecule has 0 N–H and O–H groups in total. The lowest BCUT2D eigenvalue weighted by Gasteiger charge is -2.18. The van der Waals surface area contributed by atoms with Crippen molar-refractivity contribution in [3.63, 3.8) is 0 Å². The molecule has 0 aliphatic rings. The lowest BCUT2D eigenvalue weighted by atomic mass is 10.1. The maximum Gasteiger partial charge on any atom is 0.306 e. The molecule has 6 heteroatoms. The average molecular weight is 935 g/mol. The summed E-state index contributed by atoms with van der Waals surface area (Å²) in [5.41, 5.74) is 0. The summed E-state index contributed by atoms with van der Waals surface area (Å²) in [6.07, 6.45) is 79.6. The van der Waals surface area contributed by atoms with Gasteiger partial charge in [-0.15, -0.1) is 0 Å². The van der Waals surface area contributed by atoms with E-state index in [0.717, 1.165) is 89.9 Å². The van der Waals surface area contributed by atoms with Gasteiger partial charge in [0.05, 0.1) is 0 Å². The van der Waals surface area contributed by atoms with E-state index in [-0.39, 0.29) is 50.4 Å². The van der Waals surface area contributed by atoms with Gasteiger partial charge < -0.3 is 14.2 Å². The molecule has 0 heterocycles. The van der Waals surface area contributed by atoms with Crippen molar-refractivity contribution in [3.8, 4) is 0 Å². The Bertz CT molecular complexity index is 1590. The molecule has 1 atom stereocenters. The fourth-order valence-electron chi connectivity index (χ4n) is 6.43. The van der Waals surface area contributed by atoms with Crippen molar-refractivity contribution < 1.29 is 28.6 Å². The fourth-order valence-corrected chi connectivity index (χ4v) is 6.43. The molecule has 0 aliphatic heterocycles. The Morgan fingerprint density at radius 3 is 1.15 bits per heavy atom. The van der Waals surface area contributed by atoms with E-state index in [2.05, 4.69) is 124 Å². The lowest BCUT2D eigenvalue weighted by Crippen LogP contribution is -2.30. The van der Waals surface area contributed by atoms with Crippen molar-refractivity contribution in [2.24, 2.45) is 0 Å². The number of carbonyl (C=O) groups is 3. The number of allylic oxidation sites excluding steroid dienone is 26. The fraction of sp³-hybridized carbons (Fsp3) is 0.532. The molecule has 0 aliphatic carbocycles. The number of hydrogen-bond acceptors (Lipinski definition) is 6. The van der Waals surface area contributed by atoms with Gasteiger partial charge in [0, 0.05) is 19.3 Å². The largest absolute Gasteiger partial charge is 0.462 e. The summed E-state index contributed by atoms with van der Waals surface area (Å²) in [6, 6.07) is 0. The number of unbranched alkanes of at least 4 members (excludes halogenated alkanes) is 12. The van der Waals surface area contributed by atoms with Crippen LogP contribution in [0.4, 0.5) is 0 Å². The third-order valence-electron chi connectivity index (χ3n) is 10.4. The second-order valence-electron chi connectivity index (χ2n) is 16.8. The number of esters is 3. The second-order valence-corrected chi connectivity index (χ2v) is 16.8. The molecule has 0 aromatic carbocycles. The summed E-state index contributed by atoms with van der Waals surface area (Å²) in [6.45, 7) is 6.26. The highest BCUT2D eigenvalue weighted by Gasteiger charge is 2.19. The van der Waals surface area contributed by atoms with Crippen LogP contribution >= 0.6 is 0 Å². The first-order valence-corrected chi connectivity index (χ1v) is 26.6. The van der Waals surface area contributed by atoms with E-state index in [1.54, 1.807) is 0 Å². The van der Waals surface area contributed by atoms with Gasteiger partial charge in [-0.1, -0.05) is 237 Å². The highest BCUT2D eigenvalue weighted by molar-refractivity contribution is 5.71. The third kappa shape index (κ3) is 52.0. The lowest BCUT2D eigenvalue weighted by molar-refractivity contribution is -0.166. The molecular formula is C62H94O6.